The van der Waals surface area contributed by atoms with Crippen LogP contribution in [0.4, 0.5) is 0 Å². The van der Waals surface area contributed by atoms with Crippen molar-refractivity contribution >= 4 is 17.9 Å². The second-order valence-electron chi connectivity index (χ2n) is 6.03. The number of allylic oxidation sites excluding steroid dienone is 1. The standard InChI is InChI=1S/C20H18O3/c1-20(2)13-12-15-9-11-17(22)18(19(15)23-20)16(21)10-8-14-6-4-3-5-7-14/h3-13,22H,1-2H3/b10-8+. The van der Waals surface area contributed by atoms with Gasteiger partial charge >= 0.3 is 0 Å². The lowest BCUT2D eigenvalue weighted by Crippen LogP contribution is -2.28. The number of ether oxygens (including phenoxy) is 1. The molecule has 3 rings (SSSR count). The zero-order valence-electron chi connectivity index (χ0n) is 13.1. The number of phenolic OH excluding ortho intramolecular Hbond substituents is 1. The van der Waals surface area contributed by atoms with Crippen molar-refractivity contribution in [1.82, 2.24) is 0 Å². The van der Waals surface area contributed by atoms with Crippen molar-refractivity contribution in [2.45, 2.75) is 19.4 Å². The van der Waals surface area contributed by atoms with Crippen LogP contribution in [0.2, 0.25) is 0 Å². The molecule has 2 aromatic rings. The minimum absolute atomic E-state index is 0.0717. The Balaban J connectivity index is 1.99. The van der Waals surface area contributed by atoms with E-state index in [1.165, 1.54) is 12.1 Å². The highest BCUT2D eigenvalue weighted by atomic mass is 16.5. The highest BCUT2D eigenvalue weighted by molar-refractivity contribution is 6.11. The summed E-state index contributed by atoms with van der Waals surface area (Å²) in [6, 6.07) is 12.8. The maximum atomic E-state index is 12.6. The third-order valence-corrected chi connectivity index (χ3v) is 3.67. The molecule has 0 aromatic heterocycles. The topological polar surface area (TPSA) is 46.5 Å². The normalized spacial score (nSPS) is 15.2. The molecule has 2 aromatic carbocycles. The zero-order valence-corrected chi connectivity index (χ0v) is 13.1. The second-order valence-corrected chi connectivity index (χ2v) is 6.03. The molecule has 3 nitrogen and oxygen atoms in total. The summed E-state index contributed by atoms with van der Waals surface area (Å²) in [5.74, 6) is 0.0760. The highest BCUT2D eigenvalue weighted by Crippen LogP contribution is 2.38. The summed E-state index contributed by atoms with van der Waals surface area (Å²) in [5, 5.41) is 10.1. The Morgan fingerprint density at radius 2 is 1.87 bits per heavy atom. The van der Waals surface area contributed by atoms with Crippen molar-refractivity contribution < 1.29 is 14.6 Å². The average Bonchev–Trinajstić information content (AvgIpc) is 2.52. The van der Waals surface area contributed by atoms with Gasteiger partial charge in [-0.25, -0.2) is 0 Å². The molecule has 1 N–H and O–H groups in total. The molecule has 0 saturated carbocycles. The Morgan fingerprint density at radius 3 is 2.61 bits per heavy atom. The van der Waals surface area contributed by atoms with Crippen LogP contribution >= 0.6 is 0 Å². The van der Waals surface area contributed by atoms with Gasteiger partial charge in [-0.15, -0.1) is 0 Å². The fourth-order valence-corrected chi connectivity index (χ4v) is 2.47. The summed E-state index contributed by atoms with van der Waals surface area (Å²) in [7, 11) is 0. The van der Waals surface area contributed by atoms with Crippen LogP contribution in [0.3, 0.4) is 0 Å². The molecule has 0 fully saturated rings. The summed E-state index contributed by atoms with van der Waals surface area (Å²) in [4.78, 5) is 12.6. The number of benzene rings is 2. The molecule has 23 heavy (non-hydrogen) atoms. The van der Waals surface area contributed by atoms with Crippen LogP contribution in [-0.2, 0) is 0 Å². The van der Waals surface area contributed by atoms with Crippen molar-refractivity contribution in [3.8, 4) is 11.5 Å². The maximum absolute atomic E-state index is 12.6. The van der Waals surface area contributed by atoms with Gasteiger partial charge < -0.3 is 9.84 Å². The Hall–Kier alpha value is -2.81. The van der Waals surface area contributed by atoms with Gasteiger partial charge in [-0.3, -0.25) is 4.79 Å². The van der Waals surface area contributed by atoms with E-state index >= 15 is 0 Å². The molecule has 0 unspecified atom stereocenters. The van der Waals surface area contributed by atoms with Gasteiger partial charge in [0.1, 0.15) is 22.7 Å². The van der Waals surface area contributed by atoms with Crippen LogP contribution < -0.4 is 4.74 Å². The number of carbonyl (C=O) groups is 1. The van der Waals surface area contributed by atoms with E-state index in [4.69, 9.17) is 4.74 Å². The molecule has 0 spiro atoms. The SMILES string of the molecule is CC1(C)C=Cc2ccc(O)c(C(=O)/C=C/c3ccccc3)c2O1. The van der Waals surface area contributed by atoms with Crippen molar-refractivity contribution in [2.75, 3.05) is 0 Å². The van der Waals surface area contributed by atoms with Crippen LogP contribution in [0.15, 0.2) is 54.6 Å². The first-order valence-corrected chi connectivity index (χ1v) is 7.48. The molecule has 0 radical (unpaired) electrons. The van der Waals surface area contributed by atoms with Crippen molar-refractivity contribution in [3.63, 3.8) is 0 Å². The third-order valence-electron chi connectivity index (χ3n) is 3.67. The minimum atomic E-state index is -0.515. The Morgan fingerprint density at radius 1 is 1.13 bits per heavy atom. The number of fused-ring (bicyclic) bond motifs is 1. The zero-order chi connectivity index (χ0) is 16.4. The summed E-state index contributed by atoms with van der Waals surface area (Å²) < 4.78 is 5.90. The fourth-order valence-electron chi connectivity index (χ4n) is 2.47. The van der Waals surface area contributed by atoms with E-state index < -0.39 is 5.60 Å². The predicted molar refractivity (Wildman–Crippen MR) is 91.7 cm³/mol. The summed E-state index contributed by atoms with van der Waals surface area (Å²) in [5.41, 5.74) is 1.40. The van der Waals surface area contributed by atoms with E-state index in [2.05, 4.69) is 0 Å². The number of carbonyl (C=O) groups excluding carboxylic acids is 1. The first-order chi connectivity index (χ1) is 11.0. The molecule has 0 atom stereocenters. The van der Waals surface area contributed by atoms with Gasteiger partial charge in [0.2, 0.25) is 0 Å². The Bertz CT molecular complexity index is 799. The van der Waals surface area contributed by atoms with E-state index in [0.29, 0.717) is 5.75 Å². The highest BCUT2D eigenvalue weighted by Gasteiger charge is 2.27. The number of rotatable bonds is 3. The lowest BCUT2D eigenvalue weighted by Gasteiger charge is -2.29. The summed E-state index contributed by atoms with van der Waals surface area (Å²) in [6.07, 6.45) is 7.03. The Labute approximate surface area is 135 Å². The number of ketones is 1. The fraction of sp³-hybridized carbons (Fsp3) is 0.150. The van der Waals surface area contributed by atoms with Gasteiger partial charge in [0, 0.05) is 5.56 Å². The van der Waals surface area contributed by atoms with Gasteiger partial charge in [-0.05, 0) is 43.7 Å². The quantitative estimate of drug-likeness (QED) is 0.672. The largest absolute Gasteiger partial charge is 0.507 e. The molecule has 0 aliphatic carbocycles. The van der Waals surface area contributed by atoms with Gasteiger partial charge in [-0.1, -0.05) is 42.5 Å². The van der Waals surface area contributed by atoms with Crippen molar-refractivity contribution in [2.24, 2.45) is 0 Å². The molecule has 0 amide bonds. The maximum Gasteiger partial charge on any atom is 0.193 e. The molecule has 116 valence electrons. The molecular weight excluding hydrogens is 288 g/mol. The number of hydrogen-bond acceptors (Lipinski definition) is 3. The first-order valence-electron chi connectivity index (χ1n) is 7.48. The lowest BCUT2D eigenvalue weighted by molar-refractivity contribution is 0.103. The van der Waals surface area contributed by atoms with Crippen LogP contribution in [0.1, 0.15) is 35.3 Å². The van der Waals surface area contributed by atoms with Crippen LogP contribution in [0, 0.1) is 0 Å². The van der Waals surface area contributed by atoms with Crippen LogP contribution in [0.25, 0.3) is 12.2 Å². The minimum Gasteiger partial charge on any atom is -0.507 e. The average molecular weight is 306 g/mol. The molecular formula is C20H18O3. The lowest BCUT2D eigenvalue weighted by atomic mass is 9.97. The van der Waals surface area contributed by atoms with E-state index in [9.17, 15) is 9.90 Å². The van der Waals surface area contributed by atoms with Gasteiger partial charge in [0.05, 0.1) is 0 Å². The van der Waals surface area contributed by atoms with Crippen molar-refractivity contribution in [3.05, 3.63) is 71.3 Å². The molecule has 1 aliphatic rings. The number of phenols is 1. The summed E-state index contributed by atoms with van der Waals surface area (Å²) >= 11 is 0. The van der Waals surface area contributed by atoms with Crippen molar-refractivity contribution in [1.29, 1.82) is 0 Å². The smallest absolute Gasteiger partial charge is 0.193 e. The molecule has 1 heterocycles. The number of hydrogen-bond donors (Lipinski definition) is 1. The van der Waals surface area contributed by atoms with Gasteiger partial charge in [0.25, 0.3) is 0 Å². The second kappa shape index (κ2) is 5.76. The number of aromatic hydroxyl groups is 1. The van der Waals surface area contributed by atoms with E-state index in [-0.39, 0.29) is 17.1 Å². The van der Waals surface area contributed by atoms with E-state index in [1.54, 1.807) is 12.1 Å². The monoisotopic (exact) mass is 306 g/mol. The third kappa shape index (κ3) is 3.19. The predicted octanol–water partition coefficient (Wildman–Crippen LogP) is 4.47. The van der Waals surface area contributed by atoms with E-state index in [1.807, 2.05) is 56.3 Å². The summed E-state index contributed by atoms with van der Waals surface area (Å²) in [6.45, 7) is 3.81. The molecule has 0 bridgehead atoms. The molecule has 1 aliphatic heterocycles. The van der Waals surface area contributed by atoms with E-state index in [0.717, 1.165) is 11.1 Å². The van der Waals surface area contributed by atoms with Crippen LogP contribution in [0.5, 0.6) is 11.5 Å². The van der Waals surface area contributed by atoms with Gasteiger partial charge in [-0.2, -0.15) is 0 Å². The molecule has 0 saturated heterocycles. The van der Waals surface area contributed by atoms with Crippen LogP contribution in [-0.4, -0.2) is 16.5 Å². The first kappa shape index (κ1) is 15.1. The molecule has 3 heteroatoms. The van der Waals surface area contributed by atoms with Gasteiger partial charge in [0.15, 0.2) is 5.78 Å². The Kier molecular flexibility index (Phi) is 3.78.